The van der Waals surface area contributed by atoms with E-state index in [1.54, 1.807) is 18.2 Å². The highest BCUT2D eigenvalue weighted by Gasteiger charge is 2.23. The summed E-state index contributed by atoms with van der Waals surface area (Å²) in [6.07, 6.45) is 2.03. The number of benzene rings is 2. The van der Waals surface area contributed by atoms with Crippen LogP contribution in [0.1, 0.15) is 56.5 Å². The van der Waals surface area contributed by atoms with Gasteiger partial charge in [0.2, 0.25) is 0 Å². The van der Waals surface area contributed by atoms with Crippen LogP contribution in [0.25, 0.3) is 0 Å². The molecule has 162 valence electrons. The number of sulfonamides is 1. The molecule has 0 saturated carbocycles. The Morgan fingerprint density at radius 2 is 1.67 bits per heavy atom. The van der Waals surface area contributed by atoms with Crippen molar-refractivity contribution in [2.45, 2.75) is 50.8 Å². The van der Waals surface area contributed by atoms with Crippen molar-refractivity contribution in [2.75, 3.05) is 22.7 Å². The van der Waals surface area contributed by atoms with E-state index in [4.69, 9.17) is 0 Å². The molecule has 1 aliphatic heterocycles. The van der Waals surface area contributed by atoms with Gasteiger partial charge in [0, 0.05) is 13.1 Å². The van der Waals surface area contributed by atoms with E-state index < -0.39 is 16.0 Å². The third-order valence-corrected chi connectivity index (χ3v) is 7.02. The Kier molecular flexibility index (Phi) is 6.13. The van der Waals surface area contributed by atoms with Gasteiger partial charge < -0.3 is 10.0 Å². The molecule has 6 nitrogen and oxygen atoms in total. The molecule has 0 aliphatic carbocycles. The van der Waals surface area contributed by atoms with Crippen LogP contribution in [-0.2, 0) is 15.4 Å². The minimum atomic E-state index is -3.86. The van der Waals surface area contributed by atoms with Gasteiger partial charge in [-0.3, -0.25) is 4.72 Å². The Morgan fingerprint density at radius 3 is 2.20 bits per heavy atom. The molecule has 0 amide bonds. The number of hydrogen-bond acceptors (Lipinski definition) is 4. The Labute approximate surface area is 179 Å². The molecule has 1 heterocycles. The van der Waals surface area contributed by atoms with Crippen molar-refractivity contribution in [3.8, 4) is 0 Å². The van der Waals surface area contributed by atoms with Crippen LogP contribution in [-0.4, -0.2) is 32.6 Å². The molecule has 0 unspecified atom stereocenters. The topological polar surface area (TPSA) is 86.7 Å². The second-order valence-electron chi connectivity index (χ2n) is 9.09. The molecule has 30 heavy (non-hydrogen) atoms. The molecular formula is C23H30N2O4S. The quantitative estimate of drug-likeness (QED) is 0.717. The van der Waals surface area contributed by atoms with Gasteiger partial charge in [0.25, 0.3) is 10.0 Å². The zero-order chi connectivity index (χ0) is 22.1. The molecule has 1 fully saturated rings. The number of hydrogen-bond donors (Lipinski definition) is 2. The smallest absolute Gasteiger partial charge is 0.335 e. The average molecular weight is 431 g/mol. The van der Waals surface area contributed by atoms with Gasteiger partial charge in [-0.15, -0.1) is 0 Å². The summed E-state index contributed by atoms with van der Waals surface area (Å²) in [5.41, 5.74) is 2.01. The highest BCUT2D eigenvalue weighted by molar-refractivity contribution is 7.92. The maximum atomic E-state index is 13.1. The summed E-state index contributed by atoms with van der Waals surface area (Å²) >= 11 is 0. The van der Waals surface area contributed by atoms with E-state index in [0.29, 0.717) is 17.3 Å². The number of piperidine rings is 1. The largest absolute Gasteiger partial charge is 0.478 e. The summed E-state index contributed by atoms with van der Waals surface area (Å²) in [6, 6.07) is 11.4. The normalized spacial score (nSPS) is 15.8. The van der Waals surface area contributed by atoms with Crippen LogP contribution in [0.5, 0.6) is 0 Å². The van der Waals surface area contributed by atoms with Crippen LogP contribution in [0.3, 0.4) is 0 Å². The molecule has 0 atom stereocenters. The first-order valence-electron chi connectivity index (χ1n) is 10.2. The molecule has 7 heteroatoms. The summed E-state index contributed by atoms with van der Waals surface area (Å²) in [5.74, 6) is -0.468. The number of aromatic carboxylic acids is 1. The van der Waals surface area contributed by atoms with Gasteiger partial charge in [0.15, 0.2) is 0 Å². The van der Waals surface area contributed by atoms with Crippen molar-refractivity contribution in [2.24, 2.45) is 5.92 Å². The molecule has 2 aromatic carbocycles. The van der Waals surface area contributed by atoms with E-state index in [1.807, 2.05) is 12.1 Å². The number of carboxylic acids is 1. The number of nitrogens with zero attached hydrogens (tertiary/aromatic N) is 1. The Hall–Kier alpha value is -2.54. The van der Waals surface area contributed by atoms with Gasteiger partial charge in [-0.25, -0.2) is 13.2 Å². The number of carboxylic acid groups (broad SMARTS) is 1. The third kappa shape index (κ3) is 4.95. The molecular weight excluding hydrogens is 400 g/mol. The first-order chi connectivity index (χ1) is 14.0. The summed E-state index contributed by atoms with van der Waals surface area (Å²) < 4.78 is 28.7. The fraction of sp³-hybridized carbons (Fsp3) is 0.435. The van der Waals surface area contributed by atoms with E-state index in [-0.39, 0.29) is 15.9 Å². The first kappa shape index (κ1) is 22.2. The number of rotatable bonds is 5. The second kappa shape index (κ2) is 8.30. The third-order valence-electron chi connectivity index (χ3n) is 5.64. The molecule has 2 N–H and O–H groups in total. The van der Waals surface area contributed by atoms with Crippen LogP contribution in [0, 0.1) is 5.92 Å². The number of nitrogens with one attached hydrogen (secondary N) is 1. The first-order valence-corrected chi connectivity index (χ1v) is 11.7. The SMILES string of the molecule is CC1CCN(c2ccc(C(=O)O)cc2NS(=O)(=O)c2ccc(C(C)(C)C)cc2)CC1. The predicted molar refractivity (Wildman–Crippen MR) is 120 cm³/mol. The van der Waals surface area contributed by atoms with E-state index in [2.05, 4.69) is 37.3 Å². The summed E-state index contributed by atoms with van der Waals surface area (Å²) in [4.78, 5) is 13.7. The molecule has 0 radical (unpaired) electrons. The van der Waals surface area contributed by atoms with Gasteiger partial charge >= 0.3 is 5.97 Å². The monoisotopic (exact) mass is 430 g/mol. The average Bonchev–Trinajstić information content (AvgIpc) is 2.68. The van der Waals surface area contributed by atoms with Gasteiger partial charge in [0.05, 0.1) is 21.8 Å². The summed E-state index contributed by atoms with van der Waals surface area (Å²) in [6.45, 7) is 10.0. The van der Waals surface area contributed by atoms with Crippen LogP contribution < -0.4 is 9.62 Å². The van der Waals surface area contributed by atoms with Crippen molar-refractivity contribution >= 4 is 27.4 Å². The van der Waals surface area contributed by atoms with E-state index in [1.165, 1.54) is 12.1 Å². The molecule has 2 aromatic rings. The van der Waals surface area contributed by atoms with Crippen LogP contribution in [0.2, 0.25) is 0 Å². The van der Waals surface area contributed by atoms with Crippen molar-refractivity contribution in [3.05, 3.63) is 53.6 Å². The molecule has 1 saturated heterocycles. The Bertz CT molecular complexity index is 1020. The zero-order valence-electron chi connectivity index (χ0n) is 18.0. The lowest BCUT2D eigenvalue weighted by Crippen LogP contribution is -2.33. The minimum Gasteiger partial charge on any atom is -0.478 e. The molecule has 0 aromatic heterocycles. The van der Waals surface area contributed by atoms with Gasteiger partial charge in [-0.2, -0.15) is 0 Å². The van der Waals surface area contributed by atoms with Gasteiger partial charge in [-0.05, 0) is 60.1 Å². The van der Waals surface area contributed by atoms with E-state index in [9.17, 15) is 18.3 Å². The fourth-order valence-corrected chi connectivity index (χ4v) is 4.68. The molecule has 0 spiro atoms. The molecule has 3 rings (SSSR count). The number of anilines is 2. The maximum absolute atomic E-state index is 13.1. The Balaban J connectivity index is 1.95. The van der Waals surface area contributed by atoms with Crippen LogP contribution >= 0.6 is 0 Å². The highest BCUT2D eigenvalue weighted by Crippen LogP contribution is 2.33. The lowest BCUT2D eigenvalue weighted by Gasteiger charge is -2.33. The highest BCUT2D eigenvalue weighted by atomic mass is 32.2. The van der Waals surface area contributed by atoms with Crippen molar-refractivity contribution in [1.29, 1.82) is 0 Å². The summed E-state index contributed by atoms with van der Waals surface area (Å²) in [7, 11) is -3.86. The zero-order valence-corrected chi connectivity index (χ0v) is 18.8. The summed E-state index contributed by atoms with van der Waals surface area (Å²) in [5, 5.41) is 9.38. The van der Waals surface area contributed by atoms with Gasteiger partial charge in [0.1, 0.15) is 0 Å². The minimum absolute atomic E-state index is 0.0462. The van der Waals surface area contributed by atoms with Crippen molar-refractivity contribution in [1.82, 2.24) is 0 Å². The Morgan fingerprint density at radius 1 is 1.07 bits per heavy atom. The molecule has 1 aliphatic rings. The predicted octanol–water partition coefficient (Wildman–Crippen LogP) is 4.72. The lowest BCUT2D eigenvalue weighted by molar-refractivity contribution is 0.0697. The van der Waals surface area contributed by atoms with Crippen molar-refractivity contribution in [3.63, 3.8) is 0 Å². The number of carbonyl (C=O) groups is 1. The van der Waals surface area contributed by atoms with Gasteiger partial charge in [-0.1, -0.05) is 39.8 Å². The second-order valence-corrected chi connectivity index (χ2v) is 10.8. The van der Waals surface area contributed by atoms with Crippen molar-refractivity contribution < 1.29 is 18.3 Å². The lowest BCUT2D eigenvalue weighted by atomic mass is 9.87. The maximum Gasteiger partial charge on any atom is 0.335 e. The van der Waals surface area contributed by atoms with E-state index >= 15 is 0 Å². The van der Waals surface area contributed by atoms with Crippen LogP contribution in [0.15, 0.2) is 47.4 Å². The van der Waals surface area contributed by atoms with E-state index in [0.717, 1.165) is 31.5 Å². The molecule has 0 bridgehead atoms. The standard InChI is InChI=1S/C23H30N2O4S/c1-16-11-13-25(14-12-16)21-10-5-17(22(26)27)15-20(21)24-30(28,29)19-8-6-18(7-9-19)23(2,3)4/h5-10,15-16,24H,11-14H2,1-4H3,(H,26,27). The fourth-order valence-electron chi connectivity index (χ4n) is 3.61. The van der Waals surface area contributed by atoms with Crippen LogP contribution in [0.4, 0.5) is 11.4 Å².